The summed E-state index contributed by atoms with van der Waals surface area (Å²) < 4.78 is 6.34. The summed E-state index contributed by atoms with van der Waals surface area (Å²) in [5, 5.41) is 6.57. The highest BCUT2D eigenvalue weighted by atomic mass is 32.2. The van der Waals surface area contributed by atoms with Gasteiger partial charge in [-0.3, -0.25) is 9.78 Å². The number of benzene rings is 2. The van der Waals surface area contributed by atoms with Crippen molar-refractivity contribution in [1.82, 2.24) is 10.3 Å². The number of pyridine rings is 1. The zero-order valence-electron chi connectivity index (χ0n) is 16.6. The van der Waals surface area contributed by atoms with Crippen molar-refractivity contribution in [2.75, 3.05) is 12.4 Å². The number of urea groups is 1. The van der Waals surface area contributed by atoms with Crippen molar-refractivity contribution in [3.63, 3.8) is 0 Å². The molecule has 3 amide bonds. The molecule has 0 fully saturated rings. The summed E-state index contributed by atoms with van der Waals surface area (Å²) in [5.74, 6) is -0.153. The van der Waals surface area contributed by atoms with E-state index in [1.807, 2.05) is 36.4 Å². The van der Waals surface area contributed by atoms with Gasteiger partial charge in [0.1, 0.15) is 5.75 Å². The average molecular weight is 453 g/mol. The highest BCUT2D eigenvalue weighted by Gasteiger charge is 2.22. The SMILES string of the molecule is COc1cc2nccc(SC3=CCC(NC(=O)Nc4ccccc4)S3)c2cc1C(N)=O. The average Bonchev–Trinajstić information content (AvgIpc) is 3.20. The lowest BCUT2D eigenvalue weighted by Crippen LogP contribution is -2.34. The van der Waals surface area contributed by atoms with Crippen LogP contribution >= 0.6 is 23.5 Å². The van der Waals surface area contributed by atoms with Crippen molar-refractivity contribution < 1.29 is 14.3 Å². The fourth-order valence-electron chi connectivity index (χ4n) is 3.14. The summed E-state index contributed by atoms with van der Waals surface area (Å²) in [6.45, 7) is 0. The Kier molecular flexibility index (Phi) is 6.34. The van der Waals surface area contributed by atoms with E-state index in [2.05, 4.69) is 21.7 Å². The predicted octanol–water partition coefficient (Wildman–Crippen LogP) is 4.56. The number of carbonyl (C=O) groups is 2. The number of hydrogen-bond acceptors (Lipinski definition) is 6. The molecule has 7 nitrogen and oxygen atoms in total. The Bertz CT molecular complexity index is 1170. The van der Waals surface area contributed by atoms with Gasteiger partial charge in [0.25, 0.3) is 5.91 Å². The summed E-state index contributed by atoms with van der Waals surface area (Å²) in [6, 6.07) is 14.4. The predicted molar refractivity (Wildman–Crippen MR) is 125 cm³/mol. The summed E-state index contributed by atoms with van der Waals surface area (Å²) in [5.41, 5.74) is 7.28. The molecule has 0 bridgehead atoms. The molecule has 4 N–H and O–H groups in total. The van der Waals surface area contributed by atoms with Crippen LogP contribution in [-0.2, 0) is 0 Å². The summed E-state index contributed by atoms with van der Waals surface area (Å²) >= 11 is 3.16. The van der Waals surface area contributed by atoms with Crippen LogP contribution in [0.15, 0.2) is 69.9 Å². The number of fused-ring (bicyclic) bond motifs is 1. The number of aromatic nitrogens is 1. The number of ether oxygens (including phenoxy) is 1. The van der Waals surface area contributed by atoms with E-state index in [-0.39, 0.29) is 11.4 Å². The number of methoxy groups -OCH3 is 1. The quantitative estimate of drug-likeness (QED) is 0.506. The summed E-state index contributed by atoms with van der Waals surface area (Å²) in [6.07, 6.45) is 4.53. The molecule has 0 saturated carbocycles. The van der Waals surface area contributed by atoms with Crippen molar-refractivity contribution in [3.05, 3.63) is 70.6 Å². The second kappa shape index (κ2) is 9.32. The van der Waals surface area contributed by atoms with Gasteiger partial charge in [-0.15, -0.1) is 0 Å². The molecule has 1 atom stereocenters. The fraction of sp³-hybridized carbons (Fsp3) is 0.136. The van der Waals surface area contributed by atoms with E-state index in [4.69, 9.17) is 10.5 Å². The first kappa shape index (κ1) is 21.1. The Labute approximate surface area is 187 Å². The van der Waals surface area contributed by atoms with Crippen LogP contribution in [0.4, 0.5) is 10.5 Å². The van der Waals surface area contributed by atoms with Crippen LogP contribution in [0.5, 0.6) is 5.75 Å². The van der Waals surface area contributed by atoms with Gasteiger partial charge in [0.05, 0.1) is 23.6 Å². The largest absolute Gasteiger partial charge is 0.496 e. The number of anilines is 1. The molecule has 9 heteroatoms. The van der Waals surface area contributed by atoms with Gasteiger partial charge >= 0.3 is 6.03 Å². The van der Waals surface area contributed by atoms with Gasteiger partial charge in [-0.25, -0.2) is 4.79 Å². The Morgan fingerprint density at radius 3 is 2.77 bits per heavy atom. The van der Waals surface area contributed by atoms with Crippen molar-refractivity contribution in [3.8, 4) is 5.75 Å². The maximum Gasteiger partial charge on any atom is 0.320 e. The monoisotopic (exact) mass is 452 g/mol. The lowest BCUT2D eigenvalue weighted by molar-refractivity contribution is 0.0997. The van der Waals surface area contributed by atoms with Crippen LogP contribution in [0.1, 0.15) is 16.8 Å². The molecule has 2 heterocycles. The molecule has 1 aromatic heterocycles. The standard InChI is InChI=1S/C22H20N4O3S2/c1-29-17-12-16-14(11-15(17)21(23)27)18(9-10-24-16)30-20-8-7-19(31-20)26-22(28)25-13-5-3-2-4-6-13/h2-6,8-12,19H,7H2,1H3,(H2,23,27)(H2,25,26,28). The fourth-order valence-corrected chi connectivity index (χ4v) is 5.58. The third kappa shape index (κ3) is 4.95. The molecule has 1 aliphatic heterocycles. The maximum atomic E-state index is 12.2. The lowest BCUT2D eigenvalue weighted by atomic mass is 10.1. The molecule has 0 aliphatic carbocycles. The van der Waals surface area contributed by atoms with Crippen LogP contribution < -0.4 is 21.1 Å². The van der Waals surface area contributed by atoms with E-state index in [1.54, 1.807) is 41.9 Å². The third-order valence-corrected chi connectivity index (χ3v) is 7.06. The van der Waals surface area contributed by atoms with E-state index >= 15 is 0 Å². The zero-order chi connectivity index (χ0) is 21.8. The van der Waals surface area contributed by atoms with Crippen LogP contribution in [-0.4, -0.2) is 29.4 Å². The second-order valence-corrected chi connectivity index (χ2v) is 9.26. The molecule has 0 radical (unpaired) electrons. The van der Waals surface area contributed by atoms with Gasteiger partial charge in [-0.2, -0.15) is 0 Å². The van der Waals surface area contributed by atoms with E-state index in [0.717, 1.165) is 26.6 Å². The molecule has 0 saturated heterocycles. The number of nitrogens with two attached hydrogens (primary N) is 1. The number of primary amides is 1. The van der Waals surface area contributed by atoms with Crippen LogP contribution in [0.25, 0.3) is 10.9 Å². The Hall–Kier alpha value is -3.17. The van der Waals surface area contributed by atoms with Crippen molar-refractivity contribution in [2.24, 2.45) is 5.73 Å². The maximum absolute atomic E-state index is 12.2. The van der Waals surface area contributed by atoms with Gasteiger partial charge < -0.3 is 21.1 Å². The zero-order valence-corrected chi connectivity index (χ0v) is 18.3. The Balaban J connectivity index is 1.44. The van der Waals surface area contributed by atoms with Gasteiger partial charge in [0.2, 0.25) is 0 Å². The Morgan fingerprint density at radius 2 is 2.03 bits per heavy atom. The molecule has 158 valence electrons. The number of rotatable bonds is 6. The number of para-hydroxylation sites is 1. The molecular weight excluding hydrogens is 432 g/mol. The minimum absolute atomic E-state index is 0.0550. The topological polar surface area (TPSA) is 106 Å². The molecule has 31 heavy (non-hydrogen) atoms. The Morgan fingerprint density at radius 1 is 1.23 bits per heavy atom. The van der Waals surface area contributed by atoms with Gasteiger partial charge in [-0.05, 0) is 30.7 Å². The van der Waals surface area contributed by atoms with E-state index < -0.39 is 5.91 Å². The number of nitrogens with one attached hydrogen (secondary N) is 2. The lowest BCUT2D eigenvalue weighted by Gasteiger charge is -2.14. The third-order valence-electron chi connectivity index (χ3n) is 4.58. The number of thioether (sulfide) groups is 2. The minimum Gasteiger partial charge on any atom is -0.496 e. The molecule has 0 spiro atoms. The van der Waals surface area contributed by atoms with Crippen molar-refractivity contribution in [1.29, 1.82) is 0 Å². The summed E-state index contributed by atoms with van der Waals surface area (Å²) in [4.78, 5) is 29.4. The first-order valence-electron chi connectivity index (χ1n) is 9.47. The van der Waals surface area contributed by atoms with Gasteiger partial charge in [0.15, 0.2) is 0 Å². The molecule has 1 unspecified atom stereocenters. The minimum atomic E-state index is -0.554. The van der Waals surface area contributed by atoms with E-state index in [9.17, 15) is 9.59 Å². The number of hydrogen-bond donors (Lipinski definition) is 3. The van der Waals surface area contributed by atoms with Gasteiger partial charge in [-0.1, -0.05) is 47.8 Å². The molecule has 4 rings (SSSR count). The first-order valence-corrected chi connectivity index (χ1v) is 11.2. The van der Waals surface area contributed by atoms with Gasteiger partial charge in [0, 0.05) is 32.5 Å². The van der Waals surface area contributed by atoms with Crippen molar-refractivity contribution in [2.45, 2.75) is 16.7 Å². The molecular formula is C22H20N4O3S2. The van der Waals surface area contributed by atoms with E-state index in [1.165, 1.54) is 7.11 Å². The molecule has 2 aromatic carbocycles. The highest BCUT2D eigenvalue weighted by Crippen LogP contribution is 2.44. The summed E-state index contributed by atoms with van der Waals surface area (Å²) in [7, 11) is 1.49. The number of amides is 3. The van der Waals surface area contributed by atoms with Crippen LogP contribution in [0.2, 0.25) is 0 Å². The van der Waals surface area contributed by atoms with Crippen molar-refractivity contribution >= 4 is 52.1 Å². The first-order chi connectivity index (χ1) is 15.0. The number of nitrogens with zero attached hydrogens (tertiary/aromatic N) is 1. The number of carbonyl (C=O) groups excluding carboxylic acids is 2. The van der Waals surface area contributed by atoms with E-state index in [0.29, 0.717) is 16.8 Å². The van der Waals surface area contributed by atoms with Crippen LogP contribution in [0, 0.1) is 0 Å². The van der Waals surface area contributed by atoms with Crippen LogP contribution in [0.3, 0.4) is 0 Å². The second-order valence-electron chi connectivity index (χ2n) is 6.67. The molecule has 3 aromatic rings. The highest BCUT2D eigenvalue weighted by molar-refractivity contribution is 8.22. The smallest absolute Gasteiger partial charge is 0.320 e. The normalized spacial score (nSPS) is 15.4. The molecule has 1 aliphatic rings.